The van der Waals surface area contributed by atoms with Crippen LogP contribution in [-0.2, 0) is 9.53 Å². The van der Waals surface area contributed by atoms with Gasteiger partial charge < -0.3 is 10.1 Å². The summed E-state index contributed by atoms with van der Waals surface area (Å²) in [6, 6.07) is 17.6. The van der Waals surface area contributed by atoms with E-state index in [1.54, 1.807) is 0 Å². The zero-order chi connectivity index (χ0) is 19.0. The number of thioether (sulfide) groups is 1. The van der Waals surface area contributed by atoms with Gasteiger partial charge in [-0.25, -0.2) is 0 Å². The van der Waals surface area contributed by atoms with Gasteiger partial charge in [0.15, 0.2) is 0 Å². The molecule has 4 heteroatoms. The van der Waals surface area contributed by atoms with Crippen LogP contribution in [0.2, 0.25) is 0 Å². The molecule has 0 amide bonds. The number of benzene rings is 2. The molecule has 3 nitrogen and oxygen atoms in total. The number of rotatable bonds is 4. The second kappa shape index (κ2) is 7.53. The van der Waals surface area contributed by atoms with Gasteiger partial charge in [0.2, 0.25) is 0 Å². The van der Waals surface area contributed by atoms with Crippen molar-refractivity contribution in [2.24, 2.45) is 0 Å². The van der Waals surface area contributed by atoms with Crippen molar-refractivity contribution >= 4 is 23.3 Å². The Bertz CT molecular complexity index is 857. The fourth-order valence-electron chi connectivity index (χ4n) is 3.93. The lowest BCUT2D eigenvalue weighted by molar-refractivity contribution is -0.144. The SMILES string of the molecule is CC(=O)OC1C(c2ccc(C)cc2)=C[C@@H]2N[C@H]1C[C@@H]2Sc1ccc(C)cc1. The number of aryl methyl sites for hydroxylation is 2. The lowest BCUT2D eigenvalue weighted by atomic mass is 9.92. The molecule has 1 saturated heterocycles. The van der Waals surface area contributed by atoms with E-state index >= 15 is 0 Å². The van der Waals surface area contributed by atoms with E-state index in [9.17, 15) is 4.79 Å². The van der Waals surface area contributed by atoms with E-state index in [0.717, 1.165) is 17.6 Å². The minimum absolute atomic E-state index is 0.156. The maximum absolute atomic E-state index is 11.7. The smallest absolute Gasteiger partial charge is 0.303 e. The lowest BCUT2D eigenvalue weighted by Gasteiger charge is -2.31. The minimum atomic E-state index is -0.231. The van der Waals surface area contributed by atoms with Crippen molar-refractivity contribution in [3.63, 3.8) is 0 Å². The highest BCUT2D eigenvalue weighted by Gasteiger charge is 2.44. The van der Waals surface area contributed by atoms with E-state index < -0.39 is 0 Å². The molecule has 0 spiro atoms. The molecule has 0 saturated carbocycles. The van der Waals surface area contributed by atoms with Gasteiger partial charge in [0.05, 0.1) is 6.04 Å². The van der Waals surface area contributed by atoms with Crippen LogP contribution in [0, 0.1) is 13.8 Å². The highest BCUT2D eigenvalue weighted by molar-refractivity contribution is 8.00. The fourth-order valence-corrected chi connectivity index (χ4v) is 5.18. The van der Waals surface area contributed by atoms with E-state index in [1.165, 1.54) is 22.9 Å². The van der Waals surface area contributed by atoms with Crippen LogP contribution in [0.3, 0.4) is 0 Å². The first-order valence-electron chi connectivity index (χ1n) is 9.45. The molecule has 1 fully saturated rings. The molecule has 1 unspecified atom stereocenters. The van der Waals surface area contributed by atoms with Crippen molar-refractivity contribution in [1.82, 2.24) is 5.32 Å². The summed E-state index contributed by atoms with van der Waals surface area (Å²) in [4.78, 5) is 13.0. The summed E-state index contributed by atoms with van der Waals surface area (Å²) >= 11 is 1.91. The summed E-state index contributed by atoms with van der Waals surface area (Å²) in [6.07, 6.45) is 3.02. The number of hydrogen-bond acceptors (Lipinski definition) is 4. The Hall–Kier alpha value is -2.04. The first-order chi connectivity index (χ1) is 13.0. The van der Waals surface area contributed by atoms with E-state index in [1.807, 2.05) is 11.8 Å². The Labute approximate surface area is 165 Å². The quantitative estimate of drug-likeness (QED) is 0.793. The van der Waals surface area contributed by atoms with Gasteiger partial charge in [-0.15, -0.1) is 11.8 Å². The summed E-state index contributed by atoms with van der Waals surface area (Å²) in [7, 11) is 0. The van der Waals surface area contributed by atoms with Crippen molar-refractivity contribution in [3.8, 4) is 0 Å². The average Bonchev–Trinajstić information content (AvgIpc) is 2.97. The molecule has 1 N–H and O–H groups in total. The van der Waals surface area contributed by atoms with Crippen LogP contribution < -0.4 is 5.32 Å². The highest BCUT2D eigenvalue weighted by atomic mass is 32.2. The van der Waals surface area contributed by atoms with Gasteiger partial charge in [-0.2, -0.15) is 0 Å². The van der Waals surface area contributed by atoms with Gasteiger partial charge in [-0.3, -0.25) is 4.79 Å². The Morgan fingerprint density at radius 1 is 1.04 bits per heavy atom. The molecule has 2 aromatic carbocycles. The van der Waals surface area contributed by atoms with Crippen LogP contribution in [0.15, 0.2) is 59.5 Å². The number of ether oxygens (including phenoxy) is 1. The van der Waals surface area contributed by atoms with Crippen LogP contribution in [0.1, 0.15) is 30.0 Å². The first kappa shape index (κ1) is 18.3. The maximum Gasteiger partial charge on any atom is 0.303 e. The van der Waals surface area contributed by atoms with Crippen LogP contribution in [0.4, 0.5) is 0 Å². The van der Waals surface area contributed by atoms with Gasteiger partial charge in [-0.05, 0) is 43.5 Å². The number of carbonyl (C=O) groups is 1. The molecule has 27 heavy (non-hydrogen) atoms. The Kier molecular flexibility index (Phi) is 5.11. The molecule has 4 rings (SSSR count). The van der Waals surface area contributed by atoms with E-state index in [4.69, 9.17) is 4.74 Å². The van der Waals surface area contributed by atoms with E-state index in [2.05, 4.69) is 73.8 Å². The molecular weight excluding hydrogens is 354 g/mol. The fraction of sp³-hybridized carbons (Fsp3) is 0.348. The van der Waals surface area contributed by atoms with Crippen molar-refractivity contribution in [2.75, 3.05) is 0 Å². The summed E-state index contributed by atoms with van der Waals surface area (Å²) < 4.78 is 5.75. The average molecular weight is 380 g/mol. The predicted molar refractivity (Wildman–Crippen MR) is 111 cm³/mol. The molecule has 2 heterocycles. The molecule has 0 aliphatic carbocycles. The number of nitrogens with one attached hydrogen (secondary N) is 1. The van der Waals surface area contributed by atoms with E-state index in [0.29, 0.717) is 5.25 Å². The van der Waals surface area contributed by atoms with Gasteiger partial charge in [0.1, 0.15) is 6.10 Å². The lowest BCUT2D eigenvalue weighted by Crippen LogP contribution is -2.45. The first-order valence-corrected chi connectivity index (χ1v) is 10.3. The van der Waals surface area contributed by atoms with Crippen LogP contribution in [-0.4, -0.2) is 29.4 Å². The maximum atomic E-state index is 11.7. The van der Waals surface area contributed by atoms with Crippen molar-refractivity contribution in [1.29, 1.82) is 0 Å². The monoisotopic (exact) mass is 379 g/mol. The number of fused-ring (bicyclic) bond motifs is 2. The largest absolute Gasteiger partial charge is 0.456 e. The molecule has 2 aliphatic rings. The number of carbonyl (C=O) groups excluding carboxylic acids is 1. The Morgan fingerprint density at radius 2 is 1.67 bits per heavy atom. The van der Waals surface area contributed by atoms with Crippen LogP contribution in [0.5, 0.6) is 0 Å². The van der Waals surface area contributed by atoms with Gasteiger partial charge in [0.25, 0.3) is 0 Å². The number of esters is 1. The second-order valence-corrected chi connectivity index (χ2v) is 8.83. The third kappa shape index (κ3) is 3.97. The summed E-state index contributed by atoms with van der Waals surface area (Å²) in [5.74, 6) is -0.229. The topological polar surface area (TPSA) is 38.3 Å². The molecule has 2 aliphatic heterocycles. The summed E-state index contributed by atoms with van der Waals surface area (Å²) in [5.41, 5.74) is 4.78. The minimum Gasteiger partial charge on any atom is -0.456 e. The molecular formula is C23H25NO2S. The Morgan fingerprint density at radius 3 is 2.30 bits per heavy atom. The zero-order valence-electron chi connectivity index (χ0n) is 15.9. The summed E-state index contributed by atoms with van der Waals surface area (Å²) in [5, 5.41) is 4.09. The van der Waals surface area contributed by atoms with Crippen molar-refractivity contribution < 1.29 is 9.53 Å². The second-order valence-electron chi connectivity index (χ2n) is 7.52. The van der Waals surface area contributed by atoms with Gasteiger partial charge in [-0.1, -0.05) is 53.6 Å². The molecule has 2 bridgehead atoms. The van der Waals surface area contributed by atoms with Crippen molar-refractivity contribution in [2.45, 2.75) is 55.5 Å². The highest BCUT2D eigenvalue weighted by Crippen LogP contribution is 2.41. The third-order valence-electron chi connectivity index (χ3n) is 5.31. The summed E-state index contributed by atoms with van der Waals surface area (Å²) in [6.45, 7) is 5.69. The van der Waals surface area contributed by atoms with Gasteiger partial charge in [0, 0.05) is 23.1 Å². The molecule has 4 atom stereocenters. The van der Waals surface area contributed by atoms with Crippen LogP contribution in [0.25, 0.3) is 5.57 Å². The van der Waals surface area contributed by atoms with Gasteiger partial charge >= 0.3 is 5.97 Å². The predicted octanol–water partition coefficient (Wildman–Crippen LogP) is 4.52. The molecule has 0 aromatic heterocycles. The number of hydrogen-bond donors (Lipinski definition) is 1. The third-order valence-corrected chi connectivity index (χ3v) is 6.64. The molecule has 0 radical (unpaired) electrons. The Balaban J connectivity index is 1.62. The van der Waals surface area contributed by atoms with Crippen molar-refractivity contribution in [3.05, 3.63) is 71.3 Å². The normalized spacial score (nSPS) is 26.6. The van der Waals surface area contributed by atoms with E-state index in [-0.39, 0.29) is 24.2 Å². The zero-order valence-corrected chi connectivity index (χ0v) is 16.8. The molecule has 140 valence electrons. The standard InChI is InChI=1S/C23H25NO2S/c1-14-4-8-17(9-5-14)19-12-20-22(27-18-10-6-15(2)7-11-18)13-21(24-20)23(19)26-16(3)25/h4-12,20-24H,13H2,1-3H3/t20-,21-,22-,23?/m0/s1. The van der Waals surface area contributed by atoms with Crippen LogP contribution >= 0.6 is 11.8 Å². The molecule has 2 aromatic rings.